The molecule has 2 aliphatic carbocycles. The van der Waals surface area contributed by atoms with Gasteiger partial charge in [0.05, 0.1) is 6.54 Å². The highest BCUT2D eigenvalue weighted by Crippen LogP contribution is 2.49. The Morgan fingerprint density at radius 2 is 2.12 bits per heavy atom. The molecule has 0 aromatic rings. The average molecular weight is 226 g/mol. The summed E-state index contributed by atoms with van der Waals surface area (Å²) in [7, 11) is 3.81. The minimum Gasteiger partial charge on any atom is -0.396 e. The van der Waals surface area contributed by atoms with Crippen molar-refractivity contribution in [1.82, 2.24) is 10.2 Å². The van der Waals surface area contributed by atoms with Gasteiger partial charge in [0.25, 0.3) is 0 Å². The van der Waals surface area contributed by atoms with Gasteiger partial charge in [-0.15, -0.1) is 0 Å². The number of amides is 1. The quantitative estimate of drug-likeness (QED) is 0.713. The van der Waals surface area contributed by atoms with Crippen molar-refractivity contribution in [3.63, 3.8) is 0 Å². The highest BCUT2D eigenvalue weighted by molar-refractivity contribution is 5.78. The van der Waals surface area contributed by atoms with E-state index in [1.54, 1.807) is 0 Å². The first-order chi connectivity index (χ1) is 7.60. The monoisotopic (exact) mass is 226 g/mol. The van der Waals surface area contributed by atoms with Crippen molar-refractivity contribution in [3.8, 4) is 0 Å². The molecule has 0 aromatic heterocycles. The average Bonchev–Trinajstić information content (AvgIpc) is 2.51. The molecule has 16 heavy (non-hydrogen) atoms. The van der Waals surface area contributed by atoms with E-state index in [2.05, 4.69) is 5.32 Å². The van der Waals surface area contributed by atoms with E-state index in [4.69, 9.17) is 5.11 Å². The lowest BCUT2D eigenvalue weighted by Gasteiger charge is -2.41. The normalized spacial score (nSPS) is 37.0. The molecule has 2 N–H and O–H groups in total. The van der Waals surface area contributed by atoms with Crippen LogP contribution in [0.3, 0.4) is 0 Å². The molecule has 4 atom stereocenters. The van der Waals surface area contributed by atoms with E-state index in [0.717, 1.165) is 25.2 Å². The van der Waals surface area contributed by atoms with Gasteiger partial charge >= 0.3 is 0 Å². The molecule has 92 valence electrons. The number of nitrogens with zero attached hydrogens (tertiary/aromatic N) is 1. The zero-order chi connectivity index (χ0) is 11.7. The Balaban J connectivity index is 1.76. The van der Waals surface area contributed by atoms with E-state index >= 15 is 0 Å². The molecule has 4 unspecified atom stereocenters. The molecule has 0 spiro atoms. The van der Waals surface area contributed by atoms with Crippen molar-refractivity contribution in [1.29, 1.82) is 0 Å². The van der Waals surface area contributed by atoms with E-state index in [0.29, 0.717) is 31.0 Å². The topological polar surface area (TPSA) is 52.6 Å². The second-order valence-corrected chi connectivity index (χ2v) is 5.59. The molecule has 0 aromatic carbocycles. The van der Waals surface area contributed by atoms with Crippen LogP contribution in [0.15, 0.2) is 0 Å². The van der Waals surface area contributed by atoms with E-state index in [1.807, 2.05) is 19.0 Å². The maximum Gasteiger partial charge on any atom is 0.234 e. The number of rotatable bonds is 4. The molecule has 1 amide bonds. The summed E-state index contributed by atoms with van der Waals surface area (Å²) in [5.74, 6) is 1.98. The standard InChI is InChI=1S/C12H22N2O2/c1-14(2)6-12(16)13-11-5-9-3-8(7-15)4-10(9)11/h8-11,15H,3-7H2,1-2H3,(H,13,16). The summed E-state index contributed by atoms with van der Waals surface area (Å²) in [5, 5.41) is 12.2. The third-order valence-electron chi connectivity index (χ3n) is 3.99. The van der Waals surface area contributed by atoms with Crippen LogP contribution in [0.25, 0.3) is 0 Å². The van der Waals surface area contributed by atoms with Gasteiger partial charge in [-0.1, -0.05) is 0 Å². The Morgan fingerprint density at radius 3 is 2.75 bits per heavy atom. The molecule has 4 nitrogen and oxygen atoms in total. The first kappa shape index (κ1) is 11.9. The number of hydrogen-bond donors (Lipinski definition) is 2. The number of aliphatic hydroxyl groups excluding tert-OH is 1. The van der Waals surface area contributed by atoms with Crippen molar-refractivity contribution < 1.29 is 9.90 Å². The molecule has 0 bridgehead atoms. The van der Waals surface area contributed by atoms with Gasteiger partial charge in [-0.2, -0.15) is 0 Å². The second kappa shape index (κ2) is 4.72. The number of nitrogens with one attached hydrogen (secondary N) is 1. The zero-order valence-corrected chi connectivity index (χ0v) is 10.1. The highest BCUT2D eigenvalue weighted by Gasteiger charge is 2.47. The summed E-state index contributed by atoms with van der Waals surface area (Å²) in [5.41, 5.74) is 0. The van der Waals surface area contributed by atoms with E-state index < -0.39 is 0 Å². The maximum atomic E-state index is 11.6. The fourth-order valence-electron chi connectivity index (χ4n) is 3.20. The first-order valence-corrected chi connectivity index (χ1v) is 6.15. The fourth-order valence-corrected chi connectivity index (χ4v) is 3.20. The smallest absolute Gasteiger partial charge is 0.234 e. The van der Waals surface area contributed by atoms with Crippen molar-refractivity contribution >= 4 is 5.91 Å². The van der Waals surface area contributed by atoms with Crippen LogP contribution in [0.2, 0.25) is 0 Å². The van der Waals surface area contributed by atoms with Gasteiger partial charge in [-0.3, -0.25) is 4.79 Å². The minimum atomic E-state index is 0.126. The maximum absolute atomic E-state index is 11.6. The molecule has 2 aliphatic rings. The summed E-state index contributed by atoms with van der Waals surface area (Å²) < 4.78 is 0. The van der Waals surface area contributed by atoms with Crippen molar-refractivity contribution in [2.75, 3.05) is 27.2 Å². The van der Waals surface area contributed by atoms with Crippen LogP contribution in [-0.4, -0.2) is 49.2 Å². The molecule has 0 heterocycles. The summed E-state index contributed by atoms with van der Waals surface area (Å²) in [4.78, 5) is 13.5. The van der Waals surface area contributed by atoms with Crippen molar-refractivity contribution in [2.45, 2.75) is 25.3 Å². The summed E-state index contributed by atoms with van der Waals surface area (Å²) >= 11 is 0. The molecular formula is C12H22N2O2. The van der Waals surface area contributed by atoms with Gasteiger partial charge in [-0.25, -0.2) is 0 Å². The fraction of sp³-hybridized carbons (Fsp3) is 0.917. The number of fused-ring (bicyclic) bond motifs is 1. The summed E-state index contributed by atoms with van der Waals surface area (Å²) in [6, 6.07) is 0.369. The molecule has 0 radical (unpaired) electrons. The summed E-state index contributed by atoms with van der Waals surface area (Å²) in [6.07, 6.45) is 3.36. The predicted octanol–water partition coefficient (Wildman–Crippen LogP) is 0.0712. The number of carbonyl (C=O) groups is 1. The first-order valence-electron chi connectivity index (χ1n) is 6.15. The van der Waals surface area contributed by atoms with Gasteiger partial charge in [-0.05, 0) is 51.1 Å². The van der Waals surface area contributed by atoms with Gasteiger partial charge in [0, 0.05) is 12.6 Å². The lowest BCUT2D eigenvalue weighted by molar-refractivity contribution is -0.124. The zero-order valence-electron chi connectivity index (χ0n) is 10.1. The van der Waals surface area contributed by atoms with Crippen LogP contribution in [0.1, 0.15) is 19.3 Å². The Morgan fingerprint density at radius 1 is 1.38 bits per heavy atom. The number of aliphatic hydroxyl groups is 1. The van der Waals surface area contributed by atoms with Gasteiger partial charge in [0.2, 0.25) is 5.91 Å². The van der Waals surface area contributed by atoms with E-state index in [9.17, 15) is 4.79 Å². The largest absolute Gasteiger partial charge is 0.396 e. The van der Waals surface area contributed by atoms with Crippen LogP contribution in [0.4, 0.5) is 0 Å². The lowest BCUT2D eigenvalue weighted by Crippen LogP contribution is -2.52. The molecule has 0 aliphatic heterocycles. The van der Waals surface area contributed by atoms with Crippen LogP contribution in [0.5, 0.6) is 0 Å². The molecule has 2 saturated carbocycles. The third-order valence-corrected chi connectivity index (χ3v) is 3.99. The van der Waals surface area contributed by atoms with Crippen LogP contribution < -0.4 is 5.32 Å². The Kier molecular flexibility index (Phi) is 3.50. The molecule has 2 rings (SSSR count). The Bertz CT molecular complexity index is 268. The predicted molar refractivity (Wildman–Crippen MR) is 61.9 cm³/mol. The SMILES string of the molecule is CN(C)CC(=O)NC1CC2CC(CO)CC21. The number of carbonyl (C=O) groups excluding carboxylic acids is 1. The molecule has 4 heteroatoms. The Hall–Kier alpha value is -0.610. The van der Waals surface area contributed by atoms with Crippen molar-refractivity contribution in [2.24, 2.45) is 17.8 Å². The molecular weight excluding hydrogens is 204 g/mol. The highest BCUT2D eigenvalue weighted by atomic mass is 16.3. The van der Waals surface area contributed by atoms with Crippen LogP contribution in [-0.2, 0) is 4.79 Å². The third kappa shape index (κ3) is 2.38. The van der Waals surface area contributed by atoms with Gasteiger partial charge < -0.3 is 15.3 Å². The van der Waals surface area contributed by atoms with Crippen molar-refractivity contribution in [3.05, 3.63) is 0 Å². The van der Waals surface area contributed by atoms with Gasteiger partial charge in [0.15, 0.2) is 0 Å². The number of hydrogen-bond acceptors (Lipinski definition) is 3. The molecule has 2 fully saturated rings. The second-order valence-electron chi connectivity index (χ2n) is 5.59. The van der Waals surface area contributed by atoms with Gasteiger partial charge in [0.1, 0.15) is 0 Å². The lowest BCUT2D eigenvalue weighted by atomic mass is 9.71. The minimum absolute atomic E-state index is 0.126. The van der Waals surface area contributed by atoms with Crippen LogP contribution >= 0.6 is 0 Å². The summed E-state index contributed by atoms with van der Waals surface area (Å²) in [6.45, 7) is 0.780. The van der Waals surface area contributed by atoms with E-state index in [1.165, 1.54) is 0 Å². The van der Waals surface area contributed by atoms with E-state index in [-0.39, 0.29) is 5.91 Å². The number of likely N-dealkylation sites (N-methyl/N-ethyl adjacent to an activating group) is 1. The van der Waals surface area contributed by atoms with Crippen LogP contribution in [0, 0.1) is 17.8 Å². The Labute approximate surface area is 97.0 Å². The molecule has 0 saturated heterocycles.